The Hall–Kier alpha value is -7.34. The Kier molecular flexibility index (Phi) is 13.2. The van der Waals surface area contributed by atoms with Gasteiger partial charge in [-0.3, -0.25) is 4.90 Å². The van der Waals surface area contributed by atoms with Gasteiger partial charge < -0.3 is 33.6 Å². The molecule has 1 amide bonds. The van der Waals surface area contributed by atoms with Gasteiger partial charge in [-0.25, -0.2) is 49.1 Å². The van der Waals surface area contributed by atoms with Gasteiger partial charge in [0.05, 0.1) is 32.1 Å². The number of carbonyl (C=O) groups excluding carboxylic acids is 3. The first kappa shape index (κ1) is 42.5. The van der Waals surface area contributed by atoms with E-state index >= 15 is 0 Å². The lowest BCUT2D eigenvalue weighted by molar-refractivity contribution is -0.0294. The molecule has 6 heterocycles. The van der Waals surface area contributed by atoms with Crippen LogP contribution in [0.2, 0.25) is 5.28 Å². The van der Waals surface area contributed by atoms with Crippen molar-refractivity contribution in [3.8, 4) is 0 Å². The Bertz CT molecular complexity index is 4670. The third kappa shape index (κ3) is 16.8. The van der Waals surface area contributed by atoms with Crippen molar-refractivity contribution < 1.29 is 79.0 Å². The van der Waals surface area contributed by atoms with Crippen molar-refractivity contribution in [2.45, 2.75) is 148 Å². The van der Waals surface area contributed by atoms with Crippen LogP contribution < -0.4 is 9.80 Å². The quantitative estimate of drug-likeness (QED) is 0.0536. The summed E-state index contributed by atoms with van der Waals surface area (Å²) in [5.74, 6) is -7.93. The van der Waals surface area contributed by atoms with Crippen LogP contribution in [0.25, 0.3) is 22.1 Å². The highest BCUT2D eigenvalue weighted by Crippen LogP contribution is 2.35. The molecule has 0 N–H and O–H groups in total. The van der Waals surface area contributed by atoms with E-state index in [9.17, 15) is 38.1 Å². The number of amides is 1. The molecule has 2 aliphatic rings. The summed E-state index contributed by atoms with van der Waals surface area (Å²) in [5, 5.41) is -1.33. The van der Waals surface area contributed by atoms with Crippen molar-refractivity contribution in [1.29, 1.82) is 0 Å². The van der Waals surface area contributed by atoms with Gasteiger partial charge in [-0.05, 0) is 161 Å². The van der Waals surface area contributed by atoms with Gasteiger partial charge in [-0.15, -0.1) is 0 Å². The molecule has 4 atom stereocenters. The number of ether oxygens (including phenoxy) is 4. The van der Waals surface area contributed by atoms with Gasteiger partial charge in [-0.1, -0.05) is 79.4 Å². The number of likely N-dealkylation sites (N-methyl/N-ethyl adjacent to an activating group) is 2. The molecule has 0 bridgehead atoms. The Morgan fingerprint density at radius 3 is 1.65 bits per heavy atom. The number of fused-ring (bicyclic) bond motifs is 2. The number of halogens is 1. The zero-order valence-electron chi connectivity index (χ0n) is 70.0. The predicted molar refractivity (Wildman–Crippen MR) is 333 cm³/mol. The minimum absolute atomic E-state index is 0.0409. The van der Waals surface area contributed by atoms with Gasteiger partial charge >= 0.3 is 18.4 Å². The molecule has 0 aliphatic carbocycles. The first-order valence-corrected chi connectivity index (χ1v) is 29.7. The minimum Gasteiger partial charge on any atom is -0.444 e. The van der Waals surface area contributed by atoms with E-state index < -0.39 is 179 Å². The largest absolute Gasteiger partial charge is 0.519 e. The molecule has 2 saturated heterocycles. The maximum Gasteiger partial charge on any atom is 0.519 e. The van der Waals surface area contributed by atoms with E-state index in [0.717, 1.165) is 44.5 Å². The highest BCUT2D eigenvalue weighted by molar-refractivity contribution is 7.90. The fraction of sp³-hybridized carbons (Fsp3) is 0.468. The molecule has 4 unspecified atom stereocenters. The molecule has 9 rings (SSSR count). The average molecular weight is 1260 g/mol. The first-order chi connectivity index (χ1) is 48.4. The molecule has 2 fully saturated rings. The summed E-state index contributed by atoms with van der Waals surface area (Å²) in [6, 6.07) is 15.3. The topological polar surface area (TPSA) is 231 Å². The summed E-state index contributed by atoms with van der Waals surface area (Å²) in [5.41, 5.74) is -1.32. The van der Waals surface area contributed by atoms with Crippen LogP contribution in [0, 0.1) is 25.6 Å². The zero-order chi connectivity index (χ0) is 81.4. The van der Waals surface area contributed by atoms with Crippen LogP contribution in [0.1, 0.15) is 134 Å². The third-order valence-electron chi connectivity index (χ3n) is 11.9. The average Bonchev–Trinajstić information content (AvgIpc) is 1.16. The highest BCUT2D eigenvalue weighted by atomic mass is 35.5. The summed E-state index contributed by atoms with van der Waals surface area (Å²) in [6.07, 6.45) is -3.85. The second-order valence-electron chi connectivity index (χ2n) is 22.4. The van der Waals surface area contributed by atoms with E-state index in [1.807, 2.05) is 0 Å². The molecule has 4 aromatic heterocycles. The second-order valence-corrected chi connectivity index (χ2v) is 26.4. The lowest BCUT2D eigenvalue weighted by Crippen LogP contribution is -2.53. The van der Waals surface area contributed by atoms with Crippen LogP contribution in [-0.4, -0.2) is 142 Å². The van der Waals surface area contributed by atoms with Crippen LogP contribution in [0.3, 0.4) is 0 Å². The standard InChI is InChI=1S/C27H30ClN5O2S.C25H33N5O4S.C10H18O5/c1-19-9-11-22(12-10-19)36(34,35)33-16-14-23-25(29-27(28)30-26(23)33)31(3)24-18-32(15-13-20(24)2)17-21-7-5-4-6-8-21;1-17-7-9-19(10-8-17)35(32,33)30-14-12-20-22(26-16-27-23(20)30)28(6)21-15-29(13-11-18(21)2)24(31)34-25(3,4)5;1-9(2,3)14-7(11)13-8(12)15-10(4,5)6/h4-12,14,16,20,24H,13,15,17-18H2,1-3H3;7-10,12,14,16,18,21H,11,13,15H2,1-6H3;1-6H3/i2D3,3D3,18D2,20D,24D;2D3,6D3,15D2,16D,18D,21D;. The Morgan fingerprint density at radius 2 is 1.14 bits per heavy atom. The molecule has 7 aromatic rings. The third-order valence-corrected chi connectivity index (χ3v) is 15.5. The highest BCUT2D eigenvalue weighted by Gasteiger charge is 2.36. The van der Waals surface area contributed by atoms with Crippen molar-refractivity contribution in [2.75, 3.05) is 49.8 Å². The fourth-order valence-corrected chi connectivity index (χ4v) is 10.7. The summed E-state index contributed by atoms with van der Waals surface area (Å²) in [4.78, 5) is 52.3. The van der Waals surface area contributed by atoms with E-state index in [1.165, 1.54) is 45.0 Å². The summed E-state index contributed by atoms with van der Waals surface area (Å²) >= 11 is 6.25. The monoisotopic (exact) mass is 1260 g/mol. The summed E-state index contributed by atoms with van der Waals surface area (Å²) < 4.78 is 258. The number of carbonyl (C=O) groups is 3. The smallest absolute Gasteiger partial charge is 0.444 e. The van der Waals surface area contributed by atoms with Crippen LogP contribution in [-0.2, 0) is 45.5 Å². The van der Waals surface area contributed by atoms with E-state index in [2.05, 4.69) is 24.7 Å². The van der Waals surface area contributed by atoms with E-state index in [0.29, 0.717) is 14.4 Å². The van der Waals surface area contributed by atoms with Gasteiger partial charge in [0.15, 0.2) is 11.3 Å². The number of anilines is 2. The predicted octanol–water partition coefficient (Wildman–Crippen LogP) is 11.9. The lowest BCUT2D eigenvalue weighted by atomic mass is 9.92. The SMILES string of the molecule is CC(C)(C)OC(=O)OC(=O)OC(C)(C)C.[2H]C([2H])([2H])N(c1nc(Cl)nc2c1ccn2S(=O)(=O)c1ccc(C)cc1)C1([2H])C([2H])([2H])N(Cc2ccccc2)CCC1([2H])C([2H])([2H])[2H].[2H]c1nc(N(C([2H])([2H])[2H])C2([2H])C([2H])([2H])N(C(=O)OC(C)(C)C)CCC2([2H])C([2H])([2H])[2H])c2ccn(S(=O)(=O)c3ccc(C)cc3)c2n1. The van der Waals surface area contributed by atoms with Gasteiger partial charge in [0, 0.05) is 80.4 Å². The number of hydrogen-bond acceptors (Lipinski definition) is 18. The van der Waals surface area contributed by atoms with Gasteiger partial charge in [-0.2, -0.15) is 9.97 Å². The molecule has 86 heavy (non-hydrogen) atoms. The maximum atomic E-state index is 13.7. The fourth-order valence-electron chi connectivity index (χ4n) is 8.00. The molecule has 2 aliphatic heterocycles. The number of likely N-dealkylation sites (tertiary alicyclic amines) is 2. The van der Waals surface area contributed by atoms with Crippen molar-refractivity contribution in [3.05, 3.63) is 132 Å². The maximum absolute atomic E-state index is 13.7. The van der Waals surface area contributed by atoms with Crippen LogP contribution in [0.5, 0.6) is 0 Å². The second kappa shape index (κ2) is 26.7. The molecule has 0 spiro atoms. The summed E-state index contributed by atoms with van der Waals surface area (Å²) in [7, 11) is -8.75. The van der Waals surface area contributed by atoms with E-state index in [-0.39, 0.29) is 38.1 Å². The van der Waals surface area contributed by atoms with E-state index in [1.54, 1.807) is 110 Å². The molecular weight excluding hydrogens is 1160 g/mol. The number of hydrogen-bond donors (Lipinski definition) is 0. The molecule has 464 valence electrons. The number of rotatable bonds is 10. The van der Waals surface area contributed by atoms with Crippen molar-refractivity contribution in [2.24, 2.45) is 11.8 Å². The van der Waals surface area contributed by atoms with Crippen molar-refractivity contribution >= 4 is 83.8 Å². The van der Waals surface area contributed by atoms with Gasteiger partial charge in [0.1, 0.15) is 36.1 Å². The molecule has 0 radical (unpaired) electrons. The number of benzene rings is 3. The number of piperidine rings is 2. The van der Waals surface area contributed by atoms with Gasteiger partial charge in [0.25, 0.3) is 20.0 Å². The van der Waals surface area contributed by atoms with Crippen molar-refractivity contribution in [1.82, 2.24) is 37.7 Å². The van der Waals surface area contributed by atoms with Crippen LogP contribution in [0.4, 0.5) is 26.0 Å². The molecule has 3 aromatic carbocycles. The Balaban J connectivity index is 0.000000251. The Morgan fingerprint density at radius 1 is 0.651 bits per heavy atom. The van der Waals surface area contributed by atoms with Gasteiger partial charge in [0.2, 0.25) is 5.28 Å². The number of aryl methyl sites for hydroxylation is 2. The molecule has 24 heteroatoms. The first-order valence-electron chi connectivity index (χ1n) is 36.9. The number of aromatic nitrogens is 6. The van der Waals surface area contributed by atoms with E-state index in [4.69, 9.17) is 47.7 Å². The van der Waals surface area contributed by atoms with Crippen LogP contribution in [0.15, 0.2) is 119 Å². The minimum atomic E-state index is -4.41. The Labute approximate surface area is 540 Å². The lowest BCUT2D eigenvalue weighted by Gasteiger charge is -2.42. The van der Waals surface area contributed by atoms with Crippen molar-refractivity contribution in [3.63, 3.8) is 0 Å². The summed E-state index contributed by atoms with van der Waals surface area (Å²) in [6.45, 7) is -3.89. The molecular formula is C62H81ClN10O11S2. The van der Waals surface area contributed by atoms with Crippen LogP contribution >= 0.6 is 11.6 Å². The molecule has 0 saturated carbocycles. The number of nitrogens with zero attached hydrogens (tertiary/aromatic N) is 10. The normalized spacial score (nSPS) is 26.6. The zero-order valence-corrected chi connectivity index (χ0v) is 51.4. The molecule has 21 nitrogen and oxygen atoms in total.